The lowest BCUT2D eigenvalue weighted by Gasteiger charge is -2.32. The molecule has 4 nitrogen and oxygen atoms in total. The first-order valence-electron chi connectivity index (χ1n) is 7.29. The van der Waals surface area contributed by atoms with Gasteiger partial charge >= 0.3 is 5.97 Å². The lowest BCUT2D eigenvalue weighted by atomic mass is 9.93. The molecule has 0 unspecified atom stereocenters. The molecular weight excluding hydrogens is 273 g/mol. The van der Waals surface area contributed by atoms with Gasteiger partial charge in [0.05, 0.1) is 6.42 Å². The first kappa shape index (κ1) is 15.5. The molecule has 1 aliphatic heterocycles. The van der Waals surface area contributed by atoms with Gasteiger partial charge in [0.15, 0.2) is 0 Å². The van der Waals surface area contributed by atoms with Gasteiger partial charge in [-0.3, -0.25) is 9.59 Å². The van der Waals surface area contributed by atoms with Crippen molar-refractivity contribution < 1.29 is 19.1 Å². The summed E-state index contributed by atoms with van der Waals surface area (Å²) in [6, 6.07) is 6.30. The standard InChI is InChI=1S/C16H20FNO3/c17-14-6-2-1-5-13(14)10-15(19)18-9-3-4-12(11-18)7-8-16(20)21/h1-2,5-6,12H,3-4,7-11H2,(H,20,21)/t12-/m1/s1. The van der Waals surface area contributed by atoms with E-state index in [4.69, 9.17) is 5.11 Å². The van der Waals surface area contributed by atoms with Crippen molar-refractivity contribution in [1.82, 2.24) is 4.90 Å². The number of amides is 1. The van der Waals surface area contributed by atoms with Gasteiger partial charge in [0.1, 0.15) is 5.82 Å². The number of piperidine rings is 1. The third-order valence-electron chi connectivity index (χ3n) is 3.94. The van der Waals surface area contributed by atoms with Gasteiger partial charge in [-0.2, -0.15) is 0 Å². The van der Waals surface area contributed by atoms with Crippen LogP contribution in [-0.2, 0) is 16.0 Å². The molecule has 21 heavy (non-hydrogen) atoms. The highest BCUT2D eigenvalue weighted by molar-refractivity contribution is 5.79. The lowest BCUT2D eigenvalue weighted by molar-refractivity contribution is -0.137. The summed E-state index contributed by atoms with van der Waals surface area (Å²) in [5.41, 5.74) is 0.412. The summed E-state index contributed by atoms with van der Waals surface area (Å²) in [7, 11) is 0. The van der Waals surface area contributed by atoms with Gasteiger partial charge in [-0.1, -0.05) is 18.2 Å². The van der Waals surface area contributed by atoms with E-state index >= 15 is 0 Å². The van der Waals surface area contributed by atoms with Gasteiger partial charge in [-0.15, -0.1) is 0 Å². The Morgan fingerprint density at radius 3 is 2.81 bits per heavy atom. The number of carbonyl (C=O) groups excluding carboxylic acids is 1. The molecule has 1 atom stereocenters. The number of nitrogens with zero attached hydrogens (tertiary/aromatic N) is 1. The van der Waals surface area contributed by atoms with Crippen LogP contribution in [0, 0.1) is 11.7 Å². The van der Waals surface area contributed by atoms with Gasteiger partial charge in [-0.05, 0) is 36.8 Å². The quantitative estimate of drug-likeness (QED) is 0.907. The summed E-state index contributed by atoms with van der Waals surface area (Å²) >= 11 is 0. The van der Waals surface area contributed by atoms with Crippen LogP contribution in [0.2, 0.25) is 0 Å². The third kappa shape index (κ3) is 4.55. The van der Waals surface area contributed by atoms with Crippen molar-refractivity contribution in [3.63, 3.8) is 0 Å². The van der Waals surface area contributed by atoms with E-state index in [9.17, 15) is 14.0 Å². The Morgan fingerprint density at radius 1 is 1.33 bits per heavy atom. The summed E-state index contributed by atoms with van der Waals surface area (Å²) in [6.07, 6.45) is 2.64. The molecule has 5 heteroatoms. The topological polar surface area (TPSA) is 57.6 Å². The zero-order chi connectivity index (χ0) is 15.2. The van der Waals surface area contributed by atoms with E-state index in [0.29, 0.717) is 25.1 Å². The van der Waals surface area contributed by atoms with E-state index in [1.165, 1.54) is 6.07 Å². The van der Waals surface area contributed by atoms with Crippen LogP contribution in [0.4, 0.5) is 4.39 Å². The largest absolute Gasteiger partial charge is 0.481 e. The highest BCUT2D eigenvalue weighted by Crippen LogP contribution is 2.22. The maximum Gasteiger partial charge on any atom is 0.303 e. The highest BCUT2D eigenvalue weighted by atomic mass is 19.1. The minimum atomic E-state index is -0.801. The Balaban J connectivity index is 1.90. The molecule has 1 N–H and O–H groups in total. The van der Waals surface area contributed by atoms with Crippen molar-refractivity contribution in [2.75, 3.05) is 13.1 Å². The molecule has 0 aromatic heterocycles. The van der Waals surface area contributed by atoms with Crippen LogP contribution < -0.4 is 0 Å². The van der Waals surface area contributed by atoms with Crippen LogP contribution in [0.15, 0.2) is 24.3 Å². The zero-order valence-electron chi connectivity index (χ0n) is 11.9. The number of rotatable bonds is 5. The molecule has 1 fully saturated rings. The Labute approximate surface area is 123 Å². The predicted molar refractivity (Wildman–Crippen MR) is 76.3 cm³/mol. The molecule has 1 aromatic carbocycles. The van der Waals surface area contributed by atoms with Crippen molar-refractivity contribution in [3.05, 3.63) is 35.6 Å². The molecule has 1 aromatic rings. The fraction of sp³-hybridized carbons (Fsp3) is 0.500. The first-order chi connectivity index (χ1) is 10.1. The molecular formula is C16H20FNO3. The number of hydrogen-bond acceptors (Lipinski definition) is 2. The molecule has 114 valence electrons. The lowest BCUT2D eigenvalue weighted by Crippen LogP contribution is -2.40. The van der Waals surface area contributed by atoms with Crippen molar-refractivity contribution in [2.24, 2.45) is 5.92 Å². The average molecular weight is 293 g/mol. The number of aliphatic carboxylic acids is 1. The van der Waals surface area contributed by atoms with Gasteiger partial charge in [0, 0.05) is 19.5 Å². The number of likely N-dealkylation sites (tertiary alicyclic amines) is 1. The average Bonchev–Trinajstić information content (AvgIpc) is 2.48. The highest BCUT2D eigenvalue weighted by Gasteiger charge is 2.24. The predicted octanol–water partition coefficient (Wildman–Crippen LogP) is 2.47. The molecule has 0 spiro atoms. The van der Waals surface area contributed by atoms with Crippen molar-refractivity contribution in [3.8, 4) is 0 Å². The van der Waals surface area contributed by atoms with Crippen LogP contribution in [0.3, 0.4) is 0 Å². The van der Waals surface area contributed by atoms with E-state index in [2.05, 4.69) is 0 Å². The van der Waals surface area contributed by atoms with E-state index in [1.54, 1.807) is 23.1 Å². The molecule has 1 heterocycles. The maximum absolute atomic E-state index is 13.6. The maximum atomic E-state index is 13.6. The minimum absolute atomic E-state index is 0.0678. The number of benzene rings is 1. The molecule has 1 aliphatic rings. The Hall–Kier alpha value is -1.91. The second-order valence-corrected chi connectivity index (χ2v) is 5.55. The normalized spacial score (nSPS) is 18.5. The molecule has 1 saturated heterocycles. The van der Waals surface area contributed by atoms with Crippen LogP contribution in [0.1, 0.15) is 31.2 Å². The van der Waals surface area contributed by atoms with E-state index in [0.717, 1.165) is 12.8 Å². The van der Waals surface area contributed by atoms with Crippen molar-refractivity contribution >= 4 is 11.9 Å². The van der Waals surface area contributed by atoms with Crippen LogP contribution in [-0.4, -0.2) is 35.0 Å². The summed E-state index contributed by atoms with van der Waals surface area (Å²) in [4.78, 5) is 24.6. The molecule has 2 rings (SSSR count). The van der Waals surface area contributed by atoms with E-state index in [1.807, 2.05) is 0 Å². The van der Waals surface area contributed by atoms with E-state index in [-0.39, 0.29) is 30.5 Å². The summed E-state index contributed by atoms with van der Waals surface area (Å²) < 4.78 is 13.6. The number of carbonyl (C=O) groups is 2. The Bertz CT molecular complexity index is 518. The van der Waals surface area contributed by atoms with Gasteiger partial charge in [0.25, 0.3) is 0 Å². The summed E-state index contributed by atoms with van der Waals surface area (Å²) in [5.74, 6) is -1.00. The number of carboxylic acid groups (broad SMARTS) is 1. The molecule has 0 bridgehead atoms. The first-order valence-corrected chi connectivity index (χ1v) is 7.29. The number of hydrogen-bond donors (Lipinski definition) is 1. The van der Waals surface area contributed by atoms with Crippen molar-refractivity contribution in [1.29, 1.82) is 0 Å². The molecule has 0 radical (unpaired) electrons. The smallest absolute Gasteiger partial charge is 0.303 e. The second-order valence-electron chi connectivity index (χ2n) is 5.55. The number of carboxylic acids is 1. The van der Waals surface area contributed by atoms with Gasteiger partial charge in [0.2, 0.25) is 5.91 Å². The van der Waals surface area contributed by atoms with Crippen LogP contribution in [0.25, 0.3) is 0 Å². The monoisotopic (exact) mass is 293 g/mol. The Kier molecular flexibility index (Phi) is 5.31. The van der Waals surface area contributed by atoms with Gasteiger partial charge < -0.3 is 10.0 Å². The fourth-order valence-electron chi connectivity index (χ4n) is 2.77. The summed E-state index contributed by atoms with van der Waals surface area (Å²) in [5, 5.41) is 8.72. The van der Waals surface area contributed by atoms with E-state index < -0.39 is 5.97 Å². The molecule has 1 amide bonds. The summed E-state index contributed by atoms with van der Waals surface area (Å²) in [6.45, 7) is 1.26. The molecule has 0 saturated carbocycles. The third-order valence-corrected chi connectivity index (χ3v) is 3.94. The number of halogens is 1. The molecule has 0 aliphatic carbocycles. The Morgan fingerprint density at radius 2 is 2.10 bits per heavy atom. The zero-order valence-corrected chi connectivity index (χ0v) is 11.9. The minimum Gasteiger partial charge on any atom is -0.481 e. The second kappa shape index (κ2) is 7.20. The SMILES string of the molecule is O=C(O)CC[C@H]1CCCN(C(=O)Cc2ccccc2F)C1. The van der Waals surface area contributed by atoms with Crippen LogP contribution in [0.5, 0.6) is 0 Å². The van der Waals surface area contributed by atoms with Gasteiger partial charge in [-0.25, -0.2) is 4.39 Å². The van der Waals surface area contributed by atoms with Crippen LogP contribution >= 0.6 is 0 Å². The fourth-order valence-corrected chi connectivity index (χ4v) is 2.77. The van der Waals surface area contributed by atoms with Crippen molar-refractivity contribution in [2.45, 2.75) is 32.1 Å².